The lowest BCUT2D eigenvalue weighted by Gasteiger charge is -2.10. The maximum absolute atomic E-state index is 13.9. The van der Waals surface area contributed by atoms with Crippen molar-refractivity contribution in [2.24, 2.45) is 5.73 Å². The minimum absolute atomic E-state index is 0.0172. The molecule has 0 fully saturated rings. The first-order valence-corrected chi connectivity index (χ1v) is 7.59. The number of nitrogens with zero attached hydrogens (tertiary/aromatic N) is 2. The monoisotopic (exact) mass is 309 g/mol. The molecule has 0 saturated heterocycles. The van der Waals surface area contributed by atoms with Crippen molar-refractivity contribution in [3.05, 3.63) is 42.1 Å². The van der Waals surface area contributed by atoms with Crippen LogP contribution in [0.5, 0.6) is 0 Å². The number of benzene rings is 1. The van der Waals surface area contributed by atoms with Gasteiger partial charge in [0, 0.05) is 12.5 Å². The molecule has 0 aliphatic heterocycles. The van der Waals surface area contributed by atoms with Crippen LogP contribution >= 0.6 is 0 Å². The van der Waals surface area contributed by atoms with Gasteiger partial charge in [0.05, 0.1) is 16.1 Å². The molecule has 0 aliphatic rings. The normalized spacial score (nSPS) is 11.1. The number of nitrogens with two attached hydrogens (primary N) is 1. The van der Waals surface area contributed by atoms with Gasteiger partial charge in [0.15, 0.2) is 9.84 Å². The number of sulfone groups is 1. The molecule has 4 N–H and O–H groups in total. The molecule has 7 nitrogen and oxygen atoms in total. The van der Waals surface area contributed by atoms with Gasteiger partial charge < -0.3 is 11.1 Å². The van der Waals surface area contributed by atoms with Crippen LogP contribution in [0.15, 0.2) is 35.6 Å². The van der Waals surface area contributed by atoms with Crippen molar-refractivity contribution in [3.63, 3.8) is 0 Å². The number of hydrogen-bond acceptors (Lipinski definition) is 6. The first-order valence-electron chi connectivity index (χ1n) is 5.70. The highest BCUT2D eigenvalue weighted by Gasteiger charge is 2.13. The summed E-state index contributed by atoms with van der Waals surface area (Å²) in [5.74, 6) is -0.874. The van der Waals surface area contributed by atoms with E-state index in [0.717, 1.165) is 12.3 Å². The minimum atomic E-state index is -3.48. The zero-order valence-corrected chi connectivity index (χ0v) is 11.8. The van der Waals surface area contributed by atoms with E-state index in [0.29, 0.717) is 0 Å². The van der Waals surface area contributed by atoms with Crippen LogP contribution in [0, 0.1) is 11.2 Å². The summed E-state index contributed by atoms with van der Waals surface area (Å²) in [7, 11) is -3.48. The summed E-state index contributed by atoms with van der Waals surface area (Å²) in [6.45, 7) is 0. The molecule has 110 valence electrons. The summed E-state index contributed by atoms with van der Waals surface area (Å²) in [6.07, 6.45) is 3.53. The van der Waals surface area contributed by atoms with Crippen LogP contribution in [0.2, 0.25) is 0 Å². The smallest absolute Gasteiger partial charge is 0.175 e. The lowest BCUT2D eigenvalue weighted by atomic mass is 10.2. The first-order chi connectivity index (χ1) is 9.79. The van der Waals surface area contributed by atoms with Gasteiger partial charge in [0.1, 0.15) is 23.8 Å². The van der Waals surface area contributed by atoms with Crippen molar-refractivity contribution >= 4 is 27.2 Å². The largest absolute Gasteiger partial charge is 0.384 e. The van der Waals surface area contributed by atoms with Crippen molar-refractivity contribution in [1.29, 1.82) is 5.41 Å². The number of amidine groups is 1. The Balaban J connectivity index is 2.40. The van der Waals surface area contributed by atoms with Gasteiger partial charge in [0.2, 0.25) is 0 Å². The number of halogens is 1. The maximum Gasteiger partial charge on any atom is 0.175 e. The van der Waals surface area contributed by atoms with Crippen LogP contribution in [-0.4, -0.2) is 30.5 Å². The van der Waals surface area contributed by atoms with E-state index in [1.54, 1.807) is 0 Å². The fourth-order valence-electron chi connectivity index (χ4n) is 1.58. The molecule has 0 radical (unpaired) electrons. The van der Waals surface area contributed by atoms with Gasteiger partial charge >= 0.3 is 0 Å². The molecular formula is C12H12FN5O2S. The molecule has 0 aliphatic carbocycles. The van der Waals surface area contributed by atoms with Crippen LogP contribution in [0.25, 0.3) is 0 Å². The summed E-state index contributed by atoms with van der Waals surface area (Å²) in [4.78, 5) is 7.49. The molecule has 9 heteroatoms. The summed E-state index contributed by atoms with van der Waals surface area (Å²) >= 11 is 0. The first kappa shape index (κ1) is 14.9. The third-order valence-corrected chi connectivity index (χ3v) is 3.73. The Labute approximate surface area is 120 Å². The number of hydrogen-bond donors (Lipinski definition) is 3. The topological polar surface area (TPSA) is 122 Å². The van der Waals surface area contributed by atoms with Crippen molar-refractivity contribution in [1.82, 2.24) is 9.97 Å². The van der Waals surface area contributed by atoms with Gasteiger partial charge in [-0.15, -0.1) is 0 Å². The van der Waals surface area contributed by atoms with Crippen LogP contribution < -0.4 is 11.1 Å². The summed E-state index contributed by atoms with van der Waals surface area (Å²) in [5.41, 5.74) is 5.61. The van der Waals surface area contributed by atoms with Gasteiger partial charge in [-0.1, -0.05) is 0 Å². The Morgan fingerprint density at radius 1 is 1.43 bits per heavy atom. The Bertz CT molecular complexity index is 807. The number of nitrogens with one attached hydrogen (secondary N) is 2. The van der Waals surface area contributed by atoms with E-state index in [-0.39, 0.29) is 27.8 Å². The van der Waals surface area contributed by atoms with Gasteiger partial charge in [-0.3, -0.25) is 5.41 Å². The van der Waals surface area contributed by atoms with E-state index in [4.69, 9.17) is 11.1 Å². The van der Waals surface area contributed by atoms with Crippen LogP contribution in [-0.2, 0) is 9.84 Å². The predicted molar refractivity (Wildman–Crippen MR) is 75.8 cm³/mol. The van der Waals surface area contributed by atoms with Gasteiger partial charge in [0.25, 0.3) is 0 Å². The third-order valence-electron chi connectivity index (χ3n) is 2.62. The molecule has 0 bridgehead atoms. The lowest BCUT2D eigenvalue weighted by molar-refractivity contribution is 0.596. The molecule has 21 heavy (non-hydrogen) atoms. The summed E-state index contributed by atoms with van der Waals surface area (Å²) in [5, 5.41) is 10.1. The average Bonchev–Trinajstić information content (AvgIpc) is 2.40. The van der Waals surface area contributed by atoms with E-state index >= 15 is 0 Å². The number of aromatic nitrogens is 2. The van der Waals surface area contributed by atoms with E-state index in [1.165, 1.54) is 24.7 Å². The van der Waals surface area contributed by atoms with Gasteiger partial charge in [-0.25, -0.2) is 22.8 Å². The van der Waals surface area contributed by atoms with Gasteiger partial charge in [-0.05, 0) is 18.2 Å². The fraction of sp³-hybridized carbons (Fsp3) is 0.0833. The van der Waals surface area contributed by atoms with Crippen molar-refractivity contribution in [2.45, 2.75) is 4.90 Å². The van der Waals surface area contributed by atoms with Gasteiger partial charge in [-0.2, -0.15) is 0 Å². The molecule has 2 aromatic rings. The molecule has 1 heterocycles. The molecule has 0 unspecified atom stereocenters. The summed E-state index contributed by atoms with van der Waals surface area (Å²) < 4.78 is 36.6. The second kappa shape index (κ2) is 5.44. The van der Waals surface area contributed by atoms with Crippen LogP contribution in [0.4, 0.5) is 15.9 Å². The number of rotatable bonds is 4. The Hall–Kier alpha value is -2.55. The van der Waals surface area contributed by atoms with E-state index in [1.807, 2.05) is 0 Å². The molecule has 0 atom stereocenters. The third kappa shape index (κ3) is 3.31. The molecule has 1 aromatic heterocycles. The van der Waals surface area contributed by atoms with E-state index in [9.17, 15) is 12.8 Å². The van der Waals surface area contributed by atoms with Crippen molar-refractivity contribution in [3.8, 4) is 0 Å². The highest BCUT2D eigenvalue weighted by molar-refractivity contribution is 7.90. The second-order valence-electron chi connectivity index (χ2n) is 4.24. The Kier molecular flexibility index (Phi) is 3.85. The summed E-state index contributed by atoms with van der Waals surface area (Å²) in [6, 6.07) is 3.46. The zero-order valence-electron chi connectivity index (χ0n) is 11.0. The van der Waals surface area contributed by atoms with Crippen molar-refractivity contribution in [2.75, 3.05) is 11.6 Å². The van der Waals surface area contributed by atoms with Crippen LogP contribution in [0.3, 0.4) is 0 Å². The highest BCUT2D eigenvalue weighted by atomic mass is 32.2. The number of nitrogen functional groups attached to an aromatic ring is 1. The average molecular weight is 309 g/mol. The molecule has 0 saturated carbocycles. The highest BCUT2D eigenvalue weighted by Crippen LogP contribution is 2.23. The second-order valence-corrected chi connectivity index (χ2v) is 6.25. The predicted octanol–water partition coefficient (Wildman–Crippen LogP) is 1.05. The Morgan fingerprint density at radius 3 is 2.71 bits per heavy atom. The molecule has 1 aromatic carbocycles. The SMILES string of the molecule is CS(=O)(=O)c1ccc(Nc2ncncc2C(=N)N)c(F)c1. The van der Waals surface area contributed by atoms with Crippen molar-refractivity contribution < 1.29 is 12.8 Å². The maximum atomic E-state index is 13.9. The lowest BCUT2D eigenvalue weighted by Crippen LogP contribution is -2.15. The van der Waals surface area contributed by atoms with E-state index in [2.05, 4.69) is 15.3 Å². The Morgan fingerprint density at radius 2 is 2.14 bits per heavy atom. The standard InChI is InChI=1S/C12H12FN5O2S/c1-21(19,20)7-2-3-10(9(13)4-7)18-12-8(11(14)15)5-16-6-17-12/h2-6H,1H3,(H3,14,15)(H,16,17,18). The fourth-order valence-corrected chi connectivity index (χ4v) is 2.21. The van der Waals surface area contributed by atoms with Crippen LogP contribution in [0.1, 0.15) is 5.56 Å². The minimum Gasteiger partial charge on any atom is -0.384 e. The van der Waals surface area contributed by atoms with E-state index < -0.39 is 15.7 Å². The molecule has 0 spiro atoms. The zero-order chi connectivity index (χ0) is 15.6. The molecule has 2 rings (SSSR count). The quantitative estimate of drug-likeness (QED) is 0.573. The molecule has 0 amide bonds. The number of anilines is 2. The molecular weight excluding hydrogens is 297 g/mol.